The van der Waals surface area contributed by atoms with Crippen LogP contribution in [0.2, 0.25) is 0 Å². The quantitative estimate of drug-likeness (QED) is 0.786. The number of amides is 1. The molecule has 1 aliphatic carbocycles. The lowest BCUT2D eigenvalue weighted by molar-refractivity contribution is -0.128. The van der Waals surface area contributed by atoms with Crippen LogP contribution in [-0.4, -0.2) is 28.5 Å². The molecule has 4 unspecified atom stereocenters. The van der Waals surface area contributed by atoms with Crippen LogP contribution in [0.25, 0.3) is 6.08 Å². The summed E-state index contributed by atoms with van der Waals surface area (Å²) in [7, 11) is 0. The van der Waals surface area contributed by atoms with Gasteiger partial charge in [-0.1, -0.05) is 13.0 Å². The highest BCUT2D eigenvalue weighted by Crippen LogP contribution is 2.47. The van der Waals surface area contributed by atoms with E-state index in [0.717, 1.165) is 23.6 Å². The topological polar surface area (TPSA) is 55.5 Å². The van der Waals surface area contributed by atoms with Crippen LogP contribution in [0.4, 0.5) is 0 Å². The Labute approximate surface area is 158 Å². The minimum atomic E-state index is 0.0224. The molecule has 5 rings (SSSR count). The highest BCUT2D eigenvalue weighted by Gasteiger charge is 2.37. The Kier molecular flexibility index (Phi) is 3.85. The van der Waals surface area contributed by atoms with E-state index >= 15 is 0 Å². The molecule has 2 bridgehead atoms. The number of aromatic nitrogens is 1. The fourth-order valence-corrected chi connectivity index (χ4v) is 4.71. The van der Waals surface area contributed by atoms with Gasteiger partial charge in [0.05, 0.1) is 0 Å². The SMILES string of the molecule is CC1CC1c1ccc(C=CC(=O)N2CC3CC(C2)c2cccc(=O)n2C3)o1. The van der Waals surface area contributed by atoms with Crippen LogP contribution >= 0.6 is 0 Å². The van der Waals surface area contributed by atoms with E-state index in [1.54, 1.807) is 18.2 Å². The zero-order valence-corrected chi connectivity index (χ0v) is 15.5. The molecule has 2 aromatic rings. The molecule has 2 fully saturated rings. The molecule has 0 spiro atoms. The molecule has 3 aliphatic rings. The third-order valence-electron chi connectivity index (χ3n) is 6.30. The van der Waals surface area contributed by atoms with Crippen molar-refractivity contribution in [3.63, 3.8) is 0 Å². The Morgan fingerprint density at radius 2 is 2.00 bits per heavy atom. The van der Waals surface area contributed by atoms with Gasteiger partial charge in [-0.05, 0) is 49.0 Å². The zero-order valence-electron chi connectivity index (χ0n) is 15.5. The van der Waals surface area contributed by atoms with Crippen LogP contribution in [0.5, 0.6) is 0 Å². The van der Waals surface area contributed by atoms with Gasteiger partial charge in [0, 0.05) is 49.3 Å². The van der Waals surface area contributed by atoms with Crippen LogP contribution < -0.4 is 5.56 Å². The standard InChI is InChI=1S/C22H24N2O3/c1-14-9-18(14)20-7-5-17(27-20)6-8-21(25)23-11-15-10-16(13-23)19-3-2-4-22(26)24(19)12-15/h2-8,14-16,18H,9-13H2,1H3. The minimum Gasteiger partial charge on any atom is -0.461 e. The van der Waals surface area contributed by atoms with Crippen molar-refractivity contribution in [2.75, 3.05) is 13.1 Å². The first-order chi connectivity index (χ1) is 13.1. The Bertz CT molecular complexity index is 970. The number of hydrogen-bond donors (Lipinski definition) is 0. The lowest BCUT2D eigenvalue weighted by Crippen LogP contribution is -2.48. The molecule has 5 nitrogen and oxygen atoms in total. The van der Waals surface area contributed by atoms with Gasteiger partial charge < -0.3 is 13.9 Å². The average molecular weight is 364 g/mol. The van der Waals surface area contributed by atoms with Crippen molar-refractivity contribution >= 4 is 12.0 Å². The van der Waals surface area contributed by atoms with E-state index in [1.165, 1.54) is 6.42 Å². The molecule has 5 heteroatoms. The monoisotopic (exact) mass is 364 g/mol. The summed E-state index contributed by atoms with van der Waals surface area (Å²) < 4.78 is 7.74. The van der Waals surface area contributed by atoms with Crippen LogP contribution in [0.15, 0.2) is 45.6 Å². The van der Waals surface area contributed by atoms with Gasteiger partial charge in [-0.25, -0.2) is 0 Å². The summed E-state index contributed by atoms with van der Waals surface area (Å²) in [6, 6.07) is 9.44. The Morgan fingerprint density at radius 3 is 2.81 bits per heavy atom. The predicted octanol–water partition coefficient (Wildman–Crippen LogP) is 3.22. The second-order valence-electron chi connectivity index (χ2n) is 8.33. The highest BCUT2D eigenvalue weighted by molar-refractivity contribution is 5.91. The fourth-order valence-electron chi connectivity index (χ4n) is 4.71. The molecule has 2 aromatic heterocycles. The van der Waals surface area contributed by atoms with Gasteiger partial charge in [0.15, 0.2) is 0 Å². The number of carbonyl (C=O) groups excluding carboxylic acids is 1. The van der Waals surface area contributed by atoms with Gasteiger partial charge in [-0.2, -0.15) is 0 Å². The van der Waals surface area contributed by atoms with Crippen LogP contribution in [0.1, 0.15) is 48.8 Å². The molecule has 2 aliphatic heterocycles. The van der Waals surface area contributed by atoms with E-state index < -0.39 is 0 Å². The van der Waals surface area contributed by atoms with E-state index in [9.17, 15) is 9.59 Å². The van der Waals surface area contributed by atoms with Crippen molar-refractivity contribution in [1.29, 1.82) is 0 Å². The van der Waals surface area contributed by atoms with E-state index in [4.69, 9.17) is 4.42 Å². The van der Waals surface area contributed by atoms with Gasteiger partial charge in [-0.3, -0.25) is 9.59 Å². The third-order valence-corrected chi connectivity index (χ3v) is 6.30. The van der Waals surface area contributed by atoms with Crippen molar-refractivity contribution in [2.45, 2.75) is 38.1 Å². The first-order valence-electron chi connectivity index (χ1n) is 9.85. The van der Waals surface area contributed by atoms with Crippen molar-refractivity contribution < 1.29 is 9.21 Å². The molecule has 1 saturated carbocycles. The molecule has 0 radical (unpaired) electrons. The lowest BCUT2D eigenvalue weighted by atomic mass is 9.83. The Balaban J connectivity index is 1.29. The summed E-state index contributed by atoms with van der Waals surface area (Å²) in [6.07, 6.45) is 5.65. The molecule has 4 atom stereocenters. The van der Waals surface area contributed by atoms with Crippen molar-refractivity contribution in [3.8, 4) is 0 Å². The second-order valence-corrected chi connectivity index (χ2v) is 8.33. The summed E-state index contributed by atoms with van der Waals surface area (Å²) in [5.74, 6) is 3.64. The summed E-state index contributed by atoms with van der Waals surface area (Å²) in [6.45, 7) is 4.32. The van der Waals surface area contributed by atoms with E-state index in [0.29, 0.717) is 37.4 Å². The molecule has 0 N–H and O–H groups in total. The average Bonchev–Trinajstić information content (AvgIpc) is 3.21. The fraction of sp³-hybridized carbons (Fsp3) is 0.455. The molecule has 1 amide bonds. The summed E-state index contributed by atoms with van der Waals surface area (Å²) in [5, 5.41) is 0. The molecular formula is C22H24N2O3. The van der Waals surface area contributed by atoms with Gasteiger partial charge in [0.25, 0.3) is 5.56 Å². The normalized spacial score (nSPS) is 29.0. The number of rotatable bonds is 3. The molecule has 0 aromatic carbocycles. The number of likely N-dealkylation sites (tertiary alicyclic amines) is 1. The number of piperidine rings is 1. The number of carbonyl (C=O) groups is 1. The van der Waals surface area contributed by atoms with Gasteiger partial charge >= 0.3 is 0 Å². The third kappa shape index (κ3) is 3.05. The number of nitrogens with zero attached hydrogens (tertiary/aromatic N) is 2. The molecule has 1 saturated heterocycles. The summed E-state index contributed by atoms with van der Waals surface area (Å²) in [5.41, 5.74) is 1.13. The predicted molar refractivity (Wildman–Crippen MR) is 102 cm³/mol. The van der Waals surface area contributed by atoms with Crippen molar-refractivity contribution in [2.24, 2.45) is 11.8 Å². The van der Waals surface area contributed by atoms with Gasteiger partial charge in [-0.15, -0.1) is 0 Å². The van der Waals surface area contributed by atoms with Crippen LogP contribution in [0, 0.1) is 11.8 Å². The van der Waals surface area contributed by atoms with E-state index in [-0.39, 0.29) is 17.4 Å². The molecule has 27 heavy (non-hydrogen) atoms. The molecule has 140 valence electrons. The maximum Gasteiger partial charge on any atom is 0.250 e. The van der Waals surface area contributed by atoms with Crippen molar-refractivity contribution in [3.05, 3.63) is 64.0 Å². The van der Waals surface area contributed by atoms with E-state index in [1.807, 2.05) is 33.7 Å². The molecular weight excluding hydrogens is 340 g/mol. The zero-order chi connectivity index (χ0) is 18.5. The second kappa shape index (κ2) is 6.25. The summed E-state index contributed by atoms with van der Waals surface area (Å²) in [4.78, 5) is 26.7. The van der Waals surface area contributed by atoms with Crippen LogP contribution in [0.3, 0.4) is 0 Å². The first-order valence-corrected chi connectivity index (χ1v) is 9.85. The van der Waals surface area contributed by atoms with E-state index in [2.05, 4.69) is 6.92 Å². The Hall–Kier alpha value is -2.56. The first kappa shape index (κ1) is 16.6. The van der Waals surface area contributed by atoms with Gasteiger partial charge in [0.2, 0.25) is 5.91 Å². The largest absolute Gasteiger partial charge is 0.461 e. The molecule has 4 heterocycles. The van der Waals surface area contributed by atoms with Crippen LogP contribution in [-0.2, 0) is 11.3 Å². The van der Waals surface area contributed by atoms with Crippen molar-refractivity contribution in [1.82, 2.24) is 9.47 Å². The number of hydrogen-bond acceptors (Lipinski definition) is 3. The number of pyridine rings is 1. The number of fused-ring (bicyclic) bond motifs is 4. The summed E-state index contributed by atoms with van der Waals surface area (Å²) >= 11 is 0. The maximum atomic E-state index is 12.7. The Morgan fingerprint density at radius 1 is 1.15 bits per heavy atom. The highest BCUT2D eigenvalue weighted by atomic mass is 16.3. The lowest BCUT2D eigenvalue weighted by Gasteiger charge is -2.42. The smallest absolute Gasteiger partial charge is 0.250 e. The minimum absolute atomic E-state index is 0.0224. The maximum absolute atomic E-state index is 12.7. The van der Waals surface area contributed by atoms with Gasteiger partial charge in [0.1, 0.15) is 11.5 Å². The number of furan rings is 1.